The summed E-state index contributed by atoms with van der Waals surface area (Å²) in [6, 6.07) is 0. The SMILES string of the molecule is [N-]=[N+]=NCCCCCOOOOCC1COc2cscc2O1. The van der Waals surface area contributed by atoms with Gasteiger partial charge in [0.15, 0.2) is 17.6 Å². The summed E-state index contributed by atoms with van der Waals surface area (Å²) in [5.41, 5.74) is 8.09. The van der Waals surface area contributed by atoms with Gasteiger partial charge in [0.05, 0.1) is 6.61 Å². The third kappa shape index (κ3) is 6.06. The highest BCUT2D eigenvalue weighted by molar-refractivity contribution is 7.08. The van der Waals surface area contributed by atoms with Crippen molar-refractivity contribution in [3.63, 3.8) is 0 Å². The summed E-state index contributed by atoms with van der Waals surface area (Å²) >= 11 is 1.51. The topological polar surface area (TPSA) is 104 Å². The minimum atomic E-state index is -0.258. The van der Waals surface area contributed by atoms with Crippen LogP contribution < -0.4 is 9.47 Å². The Balaban J connectivity index is 1.40. The number of fused-ring (bicyclic) bond motifs is 1. The first-order chi connectivity index (χ1) is 10.9. The first kappa shape index (κ1) is 16.8. The molecule has 22 heavy (non-hydrogen) atoms. The number of thiophene rings is 1. The third-order valence-electron chi connectivity index (χ3n) is 2.74. The first-order valence-corrected chi connectivity index (χ1v) is 7.78. The second-order valence-corrected chi connectivity index (χ2v) is 5.15. The minimum absolute atomic E-state index is 0.158. The van der Waals surface area contributed by atoms with Crippen LogP contribution in [0.15, 0.2) is 15.9 Å². The number of hydrogen-bond donors (Lipinski definition) is 0. The van der Waals surface area contributed by atoms with Crippen LogP contribution in [0.2, 0.25) is 0 Å². The standard InChI is InChI=1S/C12H17N3O6S/c13-15-14-4-2-1-3-5-17-20-21-18-7-10-6-16-11-8-22-9-12(11)19-10/h8-10H,1-7H2. The monoisotopic (exact) mass is 331 g/mol. The van der Waals surface area contributed by atoms with Gasteiger partial charge < -0.3 is 9.47 Å². The molecular weight excluding hydrogens is 314 g/mol. The minimum Gasteiger partial charge on any atom is -0.485 e. The Hall–Kier alpha value is -1.55. The summed E-state index contributed by atoms with van der Waals surface area (Å²) in [6.45, 7) is 1.40. The van der Waals surface area contributed by atoms with Gasteiger partial charge in [0.1, 0.15) is 13.2 Å². The molecular formula is C12H17N3O6S. The van der Waals surface area contributed by atoms with Crippen molar-refractivity contribution < 1.29 is 29.3 Å². The summed E-state index contributed by atoms with van der Waals surface area (Å²) < 4.78 is 11.1. The fraction of sp³-hybridized carbons (Fsp3) is 0.667. The Bertz CT molecular complexity index is 479. The van der Waals surface area contributed by atoms with E-state index in [4.69, 9.17) is 24.8 Å². The van der Waals surface area contributed by atoms with Crippen molar-refractivity contribution in [1.82, 2.24) is 0 Å². The highest BCUT2D eigenvalue weighted by Crippen LogP contribution is 2.35. The maximum atomic E-state index is 8.09. The van der Waals surface area contributed by atoms with Crippen LogP contribution in [0.5, 0.6) is 11.5 Å². The molecule has 1 unspecified atom stereocenters. The molecule has 0 aromatic carbocycles. The molecule has 0 spiro atoms. The number of hydrogen-bond acceptors (Lipinski definition) is 8. The van der Waals surface area contributed by atoms with Crippen molar-refractivity contribution in [2.24, 2.45) is 5.11 Å². The lowest BCUT2D eigenvalue weighted by Gasteiger charge is -2.23. The van der Waals surface area contributed by atoms with Gasteiger partial charge in [-0.2, -0.15) is 4.89 Å². The van der Waals surface area contributed by atoms with Crippen molar-refractivity contribution in [2.45, 2.75) is 25.4 Å². The van der Waals surface area contributed by atoms with E-state index in [1.807, 2.05) is 10.8 Å². The zero-order chi connectivity index (χ0) is 15.5. The lowest BCUT2D eigenvalue weighted by atomic mass is 10.2. The highest BCUT2D eigenvalue weighted by Gasteiger charge is 2.22. The number of ether oxygens (including phenoxy) is 2. The van der Waals surface area contributed by atoms with Crippen LogP contribution in [0.3, 0.4) is 0 Å². The van der Waals surface area contributed by atoms with Crippen LogP contribution in [0.4, 0.5) is 0 Å². The molecule has 1 aromatic heterocycles. The molecule has 2 rings (SSSR count). The Kier molecular flexibility index (Phi) is 7.81. The molecule has 122 valence electrons. The average molecular weight is 331 g/mol. The molecule has 0 saturated heterocycles. The van der Waals surface area contributed by atoms with Crippen molar-refractivity contribution in [3.05, 3.63) is 21.2 Å². The van der Waals surface area contributed by atoms with E-state index in [0.29, 0.717) is 25.5 Å². The molecule has 0 radical (unpaired) electrons. The summed E-state index contributed by atoms with van der Waals surface area (Å²) in [6.07, 6.45) is 2.20. The van der Waals surface area contributed by atoms with E-state index in [2.05, 4.69) is 20.1 Å². The summed E-state index contributed by atoms with van der Waals surface area (Å²) in [5.74, 6) is 1.46. The lowest BCUT2D eigenvalue weighted by Crippen LogP contribution is -2.33. The van der Waals surface area contributed by atoms with Crippen molar-refractivity contribution >= 4 is 11.3 Å². The van der Waals surface area contributed by atoms with E-state index in [1.165, 1.54) is 11.3 Å². The Morgan fingerprint density at radius 1 is 1.23 bits per heavy atom. The van der Waals surface area contributed by atoms with Gasteiger partial charge in [0.25, 0.3) is 0 Å². The van der Waals surface area contributed by atoms with Gasteiger partial charge in [-0.1, -0.05) is 11.5 Å². The van der Waals surface area contributed by atoms with Gasteiger partial charge in [-0.25, -0.2) is 4.89 Å². The van der Waals surface area contributed by atoms with Gasteiger partial charge in [0, 0.05) is 22.2 Å². The van der Waals surface area contributed by atoms with E-state index >= 15 is 0 Å². The molecule has 1 aliphatic rings. The van der Waals surface area contributed by atoms with Crippen LogP contribution >= 0.6 is 11.3 Å². The zero-order valence-electron chi connectivity index (χ0n) is 11.9. The molecule has 1 atom stereocenters. The van der Waals surface area contributed by atoms with Crippen LogP contribution in [0, 0.1) is 0 Å². The van der Waals surface area contributed by atoms with E-state index in [0.717, 1.165) is 25.0 Å². The molecule has 0 amide bonds. The third-order valence-corrected chi connectivity index (χ3v) is 3.44. The number of azide groups is 1. The second kappa shape index (κ2) is 10.2. The molecule has 1 aromatic rings. The maximum absolute atomic E-state index is 8.09. The number of nitrogens with zero attached hydrogens (tertiary/aromatic N) is 3. The van der Waals surface area contributed by atoms with Crippen LogP contribution in [0.1, 0.15) is 19.3 Å². The van der Waals surface area contributed by atoms with E-state index < -0.39 is 0 Å². The summed E-state index contributed by atoms with van der Waals surface area (Å²) in [7, 11) is 0. The van der Waals surface area contributed by atoms with Gasteiger partial charge in [-0.3, -0.25) is 0 Å². The molecule has 2 heterocycles. The molecule has 0 bridgehead atoms. The number of rotatable bonds is 11. The van der Waals surface area contributed by atoms with Crippen molar-refractivity contribution in [1.29, 1.82) is 0 Å². The zero-order valence-corrected chi connectivity index (χ0v) is 12.7. The fourth-order valence-corrected chi connectivity index (χ4v) is 2.36. The molecule has 0 N–H and O–H groups in total. The average Bonchev–Trinajstić information content (AvgIpc) is 3.00. The van der Waals surface area contributed by atoms with E-state index in [9.17, 15) is 0 Å². The van der Waals surface area contributed by atoms with Gasteiger partial charge in [0.2, 0.25) is 0 Å². The summed E-state index contributed by atoms with van der Waals surface area (Å²) in [4.78, 5) is 12.2. The number of unbranched alkanes of at least 4 members (excludes halogenated alkanes) is 2. The molecule has 0 fully saturated rings. The lowest BCUT2D eigenvalue weighted by molar-refractivity contribution is -0.635. The van der Waals surface area contributed by atoms with Crippen molar-refractivity contribution in [3.8, 4) is 11.5 Å². The fourth-order valence-electron chi connectivity index (χ4n) is 1.69. The molecule has 0 aliphatic carbocycles. The van der Waals surface area contributed by atoms with E-state index in [-0.39, 0.29) is 12.7 Å². The maximum Gasteiger partial charge on any atom is 0.172 e. The first-order valence-electron chi connectivity index (χ1n) is 6.84. The molecule has 0 saturated carbocycles. The van der Waals surface area contributed by atoms with Gasteiger partial charge in [-0.15, -0.1) is 11.3 Å². The predicted molar refractivity (Wildman–Crippen MR) is 76.2 cm³/mol. The molecule has 9 nitrogen and oxygen atoms in total. The van der Waals surface area contributed by atoms with E-state index in [1.54, 1.807) is 0 Å². The Morgan fingerprint density at radius 2 is 2.09 bits per heavy atom. The molecule has 10 heteroatoms. The van der Waals surface area contributed by atoms with Gasteiger partial charge >= 0.3 is 0 Å². The highest BCUT2D eigenvalue weighted by atomic mass is 32.1. The largest absolute Gasteiger partial charge is 0.485 e. The van der Waals surface area contributed by atoms with Crippen LogP contribution in [-0.4, -0.2) is 32.5 Å². The van der Waals surface area contributed by atoms with Crippen LogP contribution in [-0.2, 0) is 19.9 Å². The summed E-state index contributed by atoms with van der Waals surface area (Å²) in [5, 5.41) is 16.0. The van der Waals surface area contributed by atoms with Gasteiger partial charge in [-0.05, 0) is 28.4 Å². The Labute approximate surface area is 131 Å². The van der Waals surface area contributed by atoms with Crippen molar-refractivity contribution in [2.75, 3.05) is 26.4 Å². The smallest absolute Gasteiger partial charge is 0.172 e. The second-order valence-electron chi connectivity index (χ2n) is 4.41. The predicted octanol–water partition coefficient (Wildman–Crippen LogP) is 3.18. The normalized spacial score (nSPS) is 16.3. The molecule has 1 aliphatic heterocycles. The quantitative estimate of drug-likeness (QED) is 0.154. The Morgan fingerprint density at radius 3 is 3.00 bits per heavy atom. The van der Waals surface area contributed by atoms with Crippen LogP contribution in [0.25, 0.3) is 10.4 Å².